The van der Waals surface area contributed by atoms with Gasteiger partial charge in [0.2, 0.25) is 0 Å². The molecule has 0 saturated heterocycles. The van der Waals surface area contributed by atoms with Crippen molar-refractivity contribution in [3.8, 4) is 5.82 Å². The molecule has 0 fully saturated rings. The van der Waals surface area contributed by atoms with E-state index >= 15 is 0 Å². The molecule has 3 aromatic rings. The normalized spacial score (nSPS) is 12.9. The smallest absolute Gasteiger partial charge is 0.145 e. The summed E-state index contributed by atoms with van der Waals surface area (Å²) in [6.07, 6.45) is 7.46. The lowest BCUT2D eigenvalue weighted by Gasteiger charge is -2.15. The van der Waals surface area contributed by atoms with Gasteiger partial charge >= 0.3 is 0 Å². The zero-order valence-corrected chi connectivity index (χ0v) is 14.5. The lowest BCUT2D eigenvalue weighted by atomic mass is 9.95. The fraction of sp³-hybridized carbons (Fsp3) is 0.421. The van der Waals surface area contributed by atoms with Crippen LogP contribution in [0.3, 0.4) is 0 Å². The van der Waals surface area contributed by atoms with Crippen molar-refractivity contribution in [1.82, 2.24) is 19.3 Å². The van der Waals surface area contributed by atoms with Gasteiger partial charge in [0.05, 0.1) is 5.69 Å². The van der Waals surface area contributed by atoms with Crippen LogP contribution in [0.4, 0.5) is 0 Å². The van der Waals surface area contributed by atoms with E-state index < -0.39 is 0 Å². The topological polar surface area (TPSA) is 35.6 Å². The monoisotopic (exact) mass is 309 g/mol. The van der Waals surface area contributed by atoms with Crippen LogP contribution in [-0.2, 0) is 7.05 Å². The average Bonchev–Trinajstić information content (AvgIpc) is 3.04. The number of rotatable bonds is 5. The largest absolute Gasteiger partial charge is 0.285 e. The lowest BCUT2D eigenvalue weighted by molar-refractivity contribution is 0.654. The van der Waals surface area contributed by atoms with E-state index in [1.165, 1.54) is 24.0 Å². The maximum atomic E-state index is 4.65. The van der Waals surface area contributed by atoms with E-state index in [9.17, 15) is 0 Å². The van der Waals surface area contributed by atoms with Crippen LogP contribution in [0.1, 0.15) is 48.9 Å². The molecule has 0 spiro atoms. The molecule has 4 heteroatoms. The Bertz CT molecular complexity index is 825. The van der Waals surface area contributed by atoms with Gasteiger partial charge in [-0.2, -0.15) is 5.10 Å². The zero-order chi connectivity index (χ0) is 16.6. The highest BCUT2D eigenvalue weighted by molar-refractivity contribution is 5.78. The molecule has 1 atom stereocenters. The molecule has 0 aromatic carbocycles. The molecule has 1 radical (unpaired) electrons. The highest BCUT2D eigenvalue weighted by Crippen LogP contribution is 2.31. The van der Waals surface area contributed by atoms with E-state index in [1.807, 2.05) is 17.9 Å². The molecule has 0 aliphatic carbocycles. The van der Waals surface area contributed by atoms with Crippen molar-refractivity contribution >= 4 is 11.0 Å². The van der Waals surface area contributed by atoms with Crippen LogP contribution >= 0.6 is 0 Å². The first kappa shape index (κ1) is 15.8. The van der Waals surface area contributed by atoms with Crippen LogP contribution in [0.15, 0.2) is 24.5 Å². The number of pyridine rings is 1. The summed E-state index contributed by atoms with van der Waals surface area (Å²) >= 11 is 0. The van der Waals surface area contributed by atoms with Crippen molar-refractivity contribution in [3.63, 3.8) is 0 Å². The minimum atomic E-state index is 0.251. The van der Waals surface area contributed by atoms with Crippen LogP contribution in [0.2, 0.25) is 0 Å². The van der Waals surface area contributed by atoms with Crippen molar-refractivity contribution in [2.75, 3.05) is 0 Å². The van der Waals surface area contributed by atoms with Gasteiger partial charge in [0, 0.05) is 30.4 Å². The molecule has 23 heavy (non-hydrogen) atoms. The van der Waals surface area contributed by atoms with Crippen molar-refractivity contribution in [3.05, 3.63) is 48.3 Å². The summed E-state index contributed by atoms with van der Waals surface area (Å²) < 4.78 is 4.10. The molecule has 0 aliphatic rings. The maximum Gasteiger partial charge on any atom is 0.145 e. The SMILES string of the molecule is [CH2]C(CCCC)c1c(C)nn(C)c1-n1ccc2cc(C)cnc21. The molecule has 3 aromatic heterocycles. The highest BCUT2D eigenvalue weighted by atomic mass is 15.3. The molecule has 3 heterocycles. The third kappa shape index (κ3) is 2.78. The highest BCUT2D eigenvalue weighted by Gasteiger charge is 2.21. The van der Waals surface area contributed by atoms with Gasteiger partial charge in [-0.15, -0.1) is 0 Å². The second kappa shape index (κ2) is 6.19. The van der Waals surface area contributed by atoms with Crippen molar-refractivity contribution in [2.24, 2.45) is 7.05 Å². The number of aromatic nitrogens is 4. The first-order chi connectivity index (χ1) is 11.0. The van der Waals surface area contributed by atoms with Crippen molar-refractivity contribution < 1.29 is 0 Å². The Labute approximate surface area is 138 Å². The summed E-state index contributed by atoms with van der Waals surface area (Å²) in [6, 6.07) is 4.28. The molecule has 3 rings (SSSR count). The Balaban J connectivity index is 2.15. The van der Waals surface area contributed by atoms with Gasteiger partial charge in [-0.05, 0) is 50.8 Å². The van der Waals surface area contributed by atoms with Crippen molar-refractivity contribution in [2.45, 2.75) is 46.0 Å². The molecule has 0 saturated carbocycles. The van der Waals surface area contributed by atoms with Gasteiger partial charge in [0.1, 0.15) is 11.5 Å². The summed E-state index contributed by atoms with van der Waals surface area (Å²) in [4.78, 5) is 4.63. The fourth-order valence-corrected chi connectivity index (χ4v) is 3.33. The van der Waals surface area contributed by atoms with Gasteiger partial charge < -0.3 is 0 Å². The number of nitrogens with zero attached hydrogens (tertiary/aromatic N) is 4. The van der Waals surface area contributed by atoms with E-state index in [0.717, 1.165) is 29.0 Å². The molecule has 0 aliphatic heterocycles. The molecular formula is C19H25N4. The van der Waals surface area contributed by atoms with Gasteiger partial charge in [-0.1, -0.05) is 19.8 Å². The van der Waals surface area contributed by atoms with E-state index in [1.54, 1.807) is 0 Å². The Kier molecular flexibility index (Phi) is 4.24. The van der Waals surface area contributed by atoms with Crippen LogP contribution in [0.25, 0.3) is 16.9 Å². The van der Waals surface area contributed by atoms with Crippen LogP contribution in [0, 0.1) is 20.8 Å². The van der Waals surface area contributed by atoms with Gasteiger partial charge in [0.25, 0.3) is 0 Å². The van der Waals surface area contributed by atoms with Gasteiger partial charge in [-0.25, -0.2) is 4.98 Å². The Hall–Kier alpha value is -2.10. The Morgan fingerprint density at radius 1 is 1.30 bits per heavy atom. The van der Waals surface area contributed by atoms with Crippen LogP contribution in [0.5, 0.6) is 0 Å². The fourth-order valence-electron chi connectivity index (χ4n) is 3.33. The summed E-state index contributed by atoms with van der Waals surface area (Å²) in [5.41, 5.74) is 4.45. The molecule has 0 N–H and O–H groups in total. The molecule has 121 valence electrons. The average molecular weight is 309 g/mol. The summed E-state index contributed by atoms with van der Waals surface area (Å²) in [5, 5.41) is 5.81. The van der Waals surface area contributed by atoms with Gasteiger partial charge in [0.15, 0.2) is 0 Å². The van der Waals surface area contributed by atoms with Crippen LogP contribution < -0.4 is 0 Å². The third-order valence-electron chi connectivity index (χ3n) is 4.44. The number of hydrogen-bond acceptors (Lipinski definition) is 2. The zero-order valence-electron chi connectivity index (χ0n) is 14.5. The second-order valence-corrected chi connectivity index (χ2v) is 6.40. The quantitative estimate of drug-likeness (QED) is 0.696. The number of hydrogen-bond donors (Lipinski definition) is 0. The molecular weight excluding hydrogens is 284 g/mol. The summed E-state index contributed by atoms with van der Waals surface area (Å²) in [6.45, 7) is 10.8. The summed E-state index contributed by atoms with van der Waals surface area (Å²) in [7, 11) is 2.00. The number of aryl methyl sites for hydroxylation is 3. The molecule has 0 bridgehead atoms. The van der Waals surface area contributed by atoms with Crippen LogP contribution in [-0.4, -0.2) is 19.3 Å². The summed E-state index contributed by atoms with van der Waals surface area (Å²) in [5.74, 6) is 1.34. The predicted octanol–water partition coefficient (Wildman–Crippen LogP) is 4.48. The Morgan fingerprint density at radius 2 is 2.09 bits per heavy atom. The van der Waals surface area contributed by atoms with Crippen molar-refractivity contribution in [1.29, 1.82) is 0 Å². The Morgan fingerprint density at radius 3 is 2.83 bits per heavy atom. The molecule has 1 unspecified atom stereocenters. The predicted molar refractivity (Wildman–Crippen MR) is 94.9 cm³/mol. The van der Waals surface area contributed by atoms with E-state index in [0.29, 0.717) is 0 Å². The van der Waals surface area contributed by atoms with E-state index in [2.05, 4.69) is 60.7 Å². The molecule has 4 nitrogen and oxygen atoms in total. The lowest BCUT2D eigenvalue weighted by Crippen LogP contribution is -2.07. The second-order valence-electron chi connectivity index (χ2n) is 6.40. The minimum absolute atomic E-state index is 0.251. The van der Waals surface area contributed by atoms with E-state index in [4.69, 9.17) is 0 Å². The first-order valence-corrected chi connectivity index (χ1v) is 8.33. The van der Waals surface area contributed by atoms with Gasteiger partial charge in [-0.3, -0.25) is 9.25 Å². The maximum absolute atomic E-state index is 4.65. The third-order valence-corrected chi connectivity index (χ3v) is 4.44. The number of fused-ring (bicyclic) bond motifs is 1. The number of unbranched alkanes of at least 4 members (excludes halogenated alkanes) is 1. The minimum Gasteiger partial charge on any atom is -0.285 e. The standard InChI is InChI=1S/C19H25N4/c1-6-7-8-14(3)17-15(4)21-22(5)19(17)23-10-9-16-11-13(2)12-20-18(16)23/h9-12,14H,3,6-8H2,1-2,4-5H3. The van der Waals surface area contributed by atoms with E-state index in [-0.39, 0.29) is 5.92 Å². The molecule has 0 amide bonds. The first-order valence-electron chi connectivity index (χ1n) is 8.33.